The van der Waals surface area contributed by atoms with Crippen molar-refractivity contribution in [2.75, 3.05) is 13.1 Å². The normalized spacial score (nSPS) is 7.45. The van der Waals surface area contributed by atoms with Crippen LogP contribution in [-0.4, -0.2) is 38.9 Å². The van der Waals surface area contributed by atoms with Gasteiger partial charge in [0.05, 0.1) is 0 Å². The molecular formula is C6H13NO2S2. The smallest absolute Gasteiger partial charge is 0.256 e. The Morgan fingerprint density at radius 1 is 1.45 bits per heavy atom. The van der Waals surface area contributed by atoms with Gasteiger partial charge in [0, 0.05) is 13.1 Å². The fraction of sp³-hybridized carbons (Fsp3) is 0.667. The van der Waals surface area contributed by atoms with Crippen molar-refractivity contribution in [3.05, 3.63) is 0 Å². The average molecular weight is 195 g/mol. The van der Waals surface area contributed by atoms with Crippen LogP contribution in [0.4, 0.5) is 0 Å². The lowest BCUT2D eigenvalue weighted by Gasteiger charge is -2.15. The van der Waals surface area contributed by atoms with Crippen LogP contribution in [0.15, 0.2) is 0 Å². The van der Waals surface area contributed by atoms with Gasteiger partial charge in [-0.2, -0.15) is 0 Å². The quantitative estimate of drug-likeness (QED) is 0.656. The first-order valence-electron chi connectivity index (χ1n) is 3.19. The van der Waals surface area contributed by atoms with Gasteiger partial charge in [-0.05, 0) is 38.3 Å². The summed E-state index contributed by atoms with van der Waals surface area (Å²) in [5.74, 6) is 0. The minimum absolute atomic E-state index is 0.00463. The molecule has 0 amide bonds. The van der Waals surface area contributed by atoms with E-state index in [1.54, 1.807) is 4.90 Å². The van der Waals surface area contributed by atoms with Gasteiger partial charge < -0.3 is 15.1 Å². The van der Waals surface area contributed by atoms with E-state index in [0.717, 1.165) is 13.1 Å². The number of aliphatic hydroxyl groups is 2. The van der Waals surface area contributed by atoms with E-state index in [-0.39, 0.29) is 5.17 Å². The van der Waals surface area contributed by atoms with Crippen LogP contribution in [0.5, 0.6) is 0 Å². The van der Waals surface area contributed by atoms with Gasteiger partial charge in [-0.3, -0.25) is 0 Å². The lowest BCUT2D eigenvalue weighted by atomic mass is 10.6. The molecule has 0 radical (unpaired) electrons. The molecule has 0 heterocycles. The molecule has 11 heavy (non-hydrogen) atoms. The van der Waals surface area contributed by atoms with E-state index in [9.17, 15) is 0 Å². The van der Waals surface area contributed by atoms with Gasteiger partial charge in [-0.15, -0.1) is 0 Å². The number of nitrogens with zero attached hydrogens (tertiary/aromatic N) is 1. The standard InChI is InChI=1S/C5H11NOS.CH2OS/c1-3-6(4-2)5(7)8;2-1-3/h3-4H2,1-2H3,(H,7,8);1H,(H,2,3). The lowest BCUT2D eigenvalue weighted by Crippen LogP contribution is -2.28. The van der Waals surface area contributed by atoms with Crippen molar-refractivity contribution in [2.24, 2.45) is 0 Å². The Labute approximate surface area is 77.6 Å². The maximum absolute atomic E-state index is 8.67. The molecular weight excluding hydrogens is 182 g/mol. The van der Waals surface area contributed by atoms with Crippen molar-refractivity contribution in [3.63, 3.8) is 0 Å². The second-order valence-corrected chi connectivity index (χ2v) is 2.14. The van der Waals surface area contributed by atoms with Gasteiger partial charge in [-0.25, -0.2) is 0 Å². The molecule has 0 aliphatic carbocycles. The van der Waals surface area contributed by atoms with Crippen LogP contribution in [-0.2, 0) is 0 Å². The Hall–Kier alpha value is -0.420. The molecule has 0 rings (SSSR count). The summed E-state index contributed by atoms with van der Waals surface area (Å²) in [7, 11) is 0. The van der Waals surface area contributed by atoms with Gasteiger partial charge in [-0.1, -0.05) is 0 Å². The number of thiocarbonyl (C=S) groups is 2. The molecule has 5 heteroatoms. The van der Waals surface area contributed by atoms with Crippen molar-refractivity contribution in [2.45, 2.75) is 13.8 Å². The van der Waals surface area contributed by atoms with E-state index in [1.165, 1.54) is 0 Å². The number of aliphatic hydroxyl groups excluding tert-OH is 2. The summed E-state index contributed by atoms with van der Waals surface area (Å²) in [6.07, 6.45) is 0. The van der Waals surface area contributed by atoms with E-state index in [1.807, 2.05) is 13.8 Å². The fourth-order valence-corrected chi connectivity index (χ4v) is 0.752. The third kappa shape index (κ3) is 9.58. The minimum Gasteiger partial charge on any atom is -0.504 e. The number of rotatable bonds is 2. The van der Waals surface area contributed by atoms with Crippen molar-refractivity contribution in [1.82, 2.24) is 4.90 Å². The van der Waals surface area contributed by atoms with Gasteiger partial charge in [0.25, 0.3) is 5.17 Å². The Balaban J connectivity index is 0. The van der Waals surface area contributed by atoms with Gasteiger partial charge >= 0.3 is 0 Å². The fourth-order valence-electron chi connectivity index (χ4n) is 0.494. The maximum atomic E-state index is 8.67. The summed E-state index contributed by atoms with van der Waals surface area (Å²) in [4.78, 5) is 1.70. The first-order chi connectivity index (χ1) is 5.13. The van der Waals surface area contributed by atoms with Crippen LogP contribution < -0.4 is 0 Å². The third-order valence-electron chi connectivity index (χ3n) is 1.03. The monoisotopic (exact) mass is 195 g/mol. The van der Waals surface area contributed by atoms with Crippen molar-refractivity contribution >= 4 is 35.2 Å². The molecule has 0 bridgehead atoms. The molecule has 3 nitrogen and oxygen atoms in total. The van der Waals surface area contributed by atoms with Crippen LogP contribution in [0, 0.1) is 0 Å². The van der Waals surface area contributed by atoms with E-state index in [2.05, 4.69) is 24.4 Å². The molecule has 0 aromatic heterocycles. The highest BCUT2D eigenvalue weighted by Gasteiger charge is 1.98. The van der Waals surface area contributed by atoms with Gasteiger partial charge in [0.15, 0.2) is 0 Å². The minimum atomic E-state index is -0.00463. The highest BCUT2D eigenvalue weighted by molar-refractivity contribution is 7.79. The molecule has 0 aromatic carbocycles. The topological polar surface area (TPSA) is 43.7 Å². The average Bonchev–Trinajstić information content (AvgIpc) is 1.91. The van der Waals surface area contributed by atoms with E-state index in [0.29, 0.717) is 5.55 Å². The number of hydrogen-bond acceptors (Lipinski definition) is 2. The molecule has 0 saturated heterocycles. The first kappa shape index (κ1) is 13.2. The van der Waals surface area contributed by atoms with Crippen molar-refractivity contribution in [1.29, 1.82) is 0 Å². The predicted molar refractivity (Wildman–Crippen MR) is 54.4 cm³/mol. The van der Waals surface area contributed by atoms with Crippen LogP contribution in [0.2, 0.25) is 0 Å². The van der Waals surface area contributed by atoms with Crippen LogP contribution >= 0.6 is 24.4 Å². The summed E-state index contributed by atoms with van der Waals surface area (Å²) >= 11 is 8.32. The SMILES string of the molecule is CCN(CC)C(O)=S.OC=S. The summed E-state index contributed by atoms with van der Waals surface area (Å²) in [6, 6.07) is 0. The zero-order valence-electron chi connectivity index (χ0n) is 6.65. The summed E-state index contributed by atoms with van der Waals surface area (Å²) in [6.45, 7) is 5.47. The zero-order chi connectivity index (χ0) is 9.28. The Bertz CT molecular complexity index is 115. The molecule has 0 atom stereocenters. The van der Waals surface area contributed by atoms with Crippen LogP contribution in [0.3, 0.4) is 0 Å². The zero-order valence-corrected chi connectivity index (χ0v) is 8.28. The first-order valence-corrected chi connectivity index (χ1v) is 4.07. The summed E-state index contributed by atoms with van der Waals surface area (Å²) in [5, 5.41) is 15.9. The third-order valence-corrected chi connectivity index (χ3v) is 1.29. The van der Waals surface area contributed by atoms with E-state index in [4.69, 9.17) is 10.2 Å². The van der Waals surface area contributed by atoms with E-state index >= 15 is 0 Å². The largest absolute Gasteiger partial charge is 0.504 e. The molecule has 66 valence electrons. The van der Waals surface area contributed by atoms with E-state index < -0.39 is 0 Å². The molecule has 0 spiro atoms. The van der Waals surface area contributed by atoms with Gasteiger partial charge in [0.2, 0.25) is 0 Å². The number of hydrogen-bond donors (Lipinski definition) is 2. The molecule has 0 unspecified atom stereocenters. The summed E-state index contributed by atoms with van der Waals surface area (Å²) < 4.78 is 0. The second kappa shape index (κ2) is 9.58. The molecule has 0 fully saturated rings. The lowest BCUT2D eigenvalue weighted by molar-refractivity contribution is 0.371. The maximum Gasteiger partial charge on any atom is 0.256 e. The highest BCUT2D eigenvalue weighted by atomic mass is 32.1. The highest BCUT2D eigenvalue weighted by Crippen LogP contribution is 1.85. The van der Waals surface area contributed by atoms with Crippen molar-refractivity contribution < 1.29 is 10.2 Å². The molecule has 0 aliphatic heterocycles. The molecule has 0 saturated carbocycles. The van der Waals surface area contributed by atoms with Gasteiger partial charge in [0.1, 0.15) is 5.55 Å². The predicted octanol–water partition coefficient (Wildman–Crippen LogP) is 1.67. The molecule has 0 aliphatic rings. The molecule has 0 aromatic rings. The second-order valence-electron chi connectivity index (χ2n) is 1.56. The Morgan fingerprint density at radius 2 is 1.73 bits per heavy atom. The van der Waals surface area contributed by atoms with Crippen LogP contribution in [0.25, 0.3) is 0 Å². The Kier molecular flexibility index (Phi) is 11.5. The summed E-state index contributed by atoms with van der Waals surface area (Å²) in [5.41, 5.74) is 0.583. The van der Waals surface area contributed by atoms with Crippen LogP contribution in [0.1, 0.15) is 13.8 Å². The molecule has 2 N–H and O–H groups in total. The van der Waals surface area contributed by atoms with Crippen molar-refractivity contribution in [3.8, 4) is 0 Å². The Morgan fingerprint density at radius 3 is 1.73 bits per heavy atom.